The lowest BCUT2D eigenvalue weighted by Crippen LogP contribution is -2.50. The third-order valence-corrected chi connectivity index (χ3v) is 7.02. The minimum atomic E-state index is -3.48. The molecule has 1 saturated heterocycles. The molecule has 30 heavy (non-hydrogen) atoms. The van der Waals surface area contributed by atoms with Crippen molar-refractivity contribution in [3.8, 4) is 0 Å². The van der Waals surface area contributed by atoms with E-state index in [9.17, 15) is 13.2 Å². The summed E-state index contributed by atoms with van der Waals surface area (Å²) in [6, 6.07) is 17.8. The summed E-state index contributed by atoms with van der Waals surface area (Å²) in [4.78, 5) is 14.3. The average Bonchev–Trinajstić information content (AvgIpc) is 2.77. The molecule has 0 bridgehead atoms. The van der Waals surface area contributed by atoms with Crippen molar-refractivity contribution in [2.45, 2.75) is 32.6 Å². The van der Waals surface area contributed by atoms with Crippen molar-refractivity contribution in [1.82, 2.24) is 9.21 Å². The van der Waals surface area contributed by atoms with Gasteiger partial charge in [0.2, 0.25) is 15.9 Å². The van der Waals surface area contributed by atoms with Crippen LogP contribution in [0.3, 0.4) is 0 Å². The highest BCUT2D eigenvalue weighted by molar-refractivity contribution is 7.92. The number of benzene rings is 2. The average molecular weight is 427 g/mol. The first-order chi connectivity index (χ1) is 14.3. The largest absolute Gasteiger partial charge is 0.340 e. The zero-order valence-electron chi connectivity index (χ0n) is 17.7. The SMILES string of the molecule is CC(C)c1ccc(CCC(=O)N2CCN(S(=O)(=O)/C=C/c3ccccc3)CC2)cc1. The number of hydrogen-bond donors (Lipinski definition) is 0. The quantitative estimate of drug-likeness (QED) is 0.675. The molecule has 0 spiro atoms. The standard InChI is InChI=1S/C24H30N2O3S/c1-20(2)23-11-8-22(9-12-23)10-13-24(27)25-15-17-26(18-16-25)30(28,29)19-14-21-6-4-3-5-7-21/h3-9,11-12,14,19-20H,10,13,15-18H2,1-2H3/b19-14+. The second kappa shape index (κ2) is 10.0. The van der Waals surface area contributed by atoms with Crippen molar-refractivity contribution in [3.05, 3.63) is 76.7 Å². The van der Waals surface area contributed by atoms with E-state index in [-0.39, 0.29) is 5.91 Å². The molecule has 0 unspecified atom stereocenters. The van der Waals surface area contributed by atoms with Gasteiger partial charge in [0.25, 0.3) is 0 Å². The maximum absolute atomic E-state index is 12.6. The molecule has 0 saturated carbocycles. The third kappa shape index (κ3) is 6.03. The van der Waals surface area contributed by atoms with Gasteiger partial charge < -0.3 is 4.90 Å². The van der Waals surface area contributed by atoms with Gasteiger partial charge in [-0.1, -0.05) is 68.4 Å². The number of carbonyl (C=O) groups excluding carboxylic acids is 1. The van der Waals surface area contributed by atoms with Crippen LogP contribution in [0.2, 0.25) is 0 Å². The van der Waals surface area contributed by atoms with E-state index < -0.39 is 10.0 Å². The van der Waals surface area contributed by atoms with Crippen LogP contribution in [0.5, 0.6) is 0 Å². The fraction of sp³-hybridized carbons (Fsp3) is 0.375. The smallest absolute Gasteiger partial charge is 0.236 e. The predicted molar refractivity (Wildman–Crippen MR) is 121 cm³/mol. The van der Waals surface area contributed by atoms with Crippen LogP contribution in [0.25, 0.3) is 6.08 Å². The molecule has 2 aromatic rings. The Morgan fingerprint density at radius 3 is 2.20 bits per heavy atom. The Labute approximate surface area is 180 Å². The lowest BCUT2D eigenvalue weighted by Gasteiger charge is -2.33. The summed E-state index contributed by atoms with van der Waals surface area (Å²) >= 11 is 0. The van der Waals surface area contributed by atoms with Gasteiger partial charge in [-0.3, -0.25) is 4.79 Å². The fourth-order valence-corrected chi connectivity index (χ4v) is 4.66. The van der Waals surface area contributed by atoms with Gasteiger partial charge >= 0.3 is 0 Å². The molecule has 1 amide bonds. The topological polar surface area (TPSA) is 57.7 Å². The molecule has 1 heterocycles. The molecule has 0 atom stereocenters. The number of amides is 1. The van der Waals surface area contributed by atoms with Crippen LogP contribution in [-0.4, -0.2) is 49.7 Å². The van der Waals surface area contributed by atoms with E-state index >= 15 is 0 Å². The summed E-state index contributed by atoms with van der Waals surface area (Å²) in [7, 11) is -3.48. The highest BCUT2D eigenvalue weighted by atomic mass is 32.2. The number of hydrogen-bond acceptors (Lipinski definition) is 3. The van der Waals surface area contributed by atoms with Gasteiger partial charge in [-0.2, -0.15) is 4.31 Å². The van der Waals surface area contributed by atoms with Gasteiger partial charge in [0.1, 0.15) is 0 Å². The van der Waals surface area contributed by atoms with Crippen LogP contribution in [0.15, 0.2) is 60.0 Å². The van der Waals surface area contributed by atoms with Crippen molar-refractivity contribution < 1.29 is 13.2 Å². The zero-order valence-corrected chi connectivity index (χ0v) is 18.5. The number of piperazine rings is 1. The first-order valence-corrected chi connectivity index (χ1v) is 12.0. The van der Waals surface area contributed by atoms with E-state index in [2.05, 4.69) is 38.1 Å². The Hall–Kier alpha value is -2.44. The summed E-state index contributed by atoms with van der Waals surface area (Å²) in [6.07, 6.45) is 2.76. The van der Waals surface area contributed by atoms with E-state index in [1.807, 2.05) is 30.3 Å². The van der Waals surface area contributed by atoms with Gasteiger partial charge in [-0.15, -0.1) is 0 Å². The molecule has 1 aliphatic rings. The minimum Gasteiger partial charge on any atom is -0.340 e. The Morgan fingerprint density at radius 1 is 0.967 bits per heavy atom. The van der Waals surface area contributed by atoms with Crippen molar-refractivity contribution >= 4 is 22.0 Å². The van der Waals surface area contributed by atoms with Crippen LogP contribution in [0, 0.1) is 0 Å². The van der Waals surface area contributed by atoms with Crippen LogP contribution in [0.4, 0.5) is 0 Å². The molecule has 1 fully saturated rings. The van der Waals surface area contributed by atoms with E-state index in [0.29, 0.717) is 44.9 Å². The Bertz CT molecular complexity index is 959. The highest BCUT2D eigenvalue weighted by Crippen LogP contribution is 2.16. The fourth-order valence-electron chi connectivity index (χ4n) is 3.49. The summed E-state index contributed by atoms with van der Waals surface area (Å²) in [5.74, 6) is 0.579. The van der Waals surface area contributed by atoms with Gasteiger partial charge in [-0.25, -0.2) is 8.42 Å². The lowest BCUT2D eigenvalue weighted by atomic mass is 10.00. The summed E-state index contributed by atoms with van der Waals surface area (Å²) < 4.78 is 26.6. The van der Waals surface area contributed by atoms with Crippen molar-refractivity contribution in [2.75, 3.05) is 26.2 Å². The highest BCUT2D eigenvalue weighted by Gasteiger charge is 2.27. The second-order valence-corrected chi connectivity index (χ2v) is 9.75. The van der Waals surface area contributed by atoms with Crippen LogP contribution >= 0.6 is 0 Å². The van der Waals surface area contributed by atoms with Crippen LogP contribution in [0.1, 0.15) is 42.9 Å². The van der Waals surface area contributed by atoms with Gasteiger partial charge in [-0.05, 0) is 35.1 Å². The Balaban J connectivity index is 1.48. The lowest BCUT2D eigenvalue weighted by molar-refractivity contribution is -0.132. The van der Waals surface area contributed by atoms with Crippen LogP contribution in [-0.2, 0) is 21.2 Å². The van der Waals surface area contributed by atoms with Crippen molar-refractivity contribution in [2.24, 2.45) is 0 Å². The minimum absolute atomic E-state index is 0.0832. The molecular weight excluding hydrogens is 396 g/mol. The number of sulfonamides is 1. The Morgan fingerprint density at radius 2 is 1.60 bits per heavy atom. The van der Waals surface area contributed by atoms with Crippen molar-refractivity contribution in [3.63, 3.8) is 0 Å². The van der Waals surface area contributed by atoms with Gasteiger partial charge in [0.05, 0.1) is 0 Å². The molecular formula is C24H30N2O3S. The molecule has 6 heteroatoms. The van der Waals surface area contributed by atoms with Crippen LogP contribution < -0.4 is 0 Å². The maximum Gasteiger partial charge on any atom is 0.236 e. The molecule has 1 aliphatic heterocycles. The molecule has 5 nitrogen and oxygen atoms in total. The van der Waals surface area contributed by atoms with E-state index in [1.165, 1.54) is 15.3 Å². The molecule has 160 valence electrons. The monoisotopic (exact) mass is 426 g/mol. The van der Waals surface area contributed by atoms with E-state index in [0.717, 1.165) is 11.1 Å². The summed E-state index contributed by atoms with van der Waals surface area (Å²) in [5, 5.41) is 1.25. The predicted octanol–water partition coefficient (Wildman–Crippen LogP) is 3.89. The number of carbonyl (C=O) groups is 1. The Kier molecular flexibility index (Phi) is 7.45. The third-order valence-electron chi connectivity index (χ3n) is 5.46. The molecule has 2 aromatic carbocycles. The van der Waals surface area contributed by atoms with Gasteiger partial charge in [0.15, 0.2) is 0 Å². The zero-order chi connectivity index (χ0) is 21.6. The summed E-state index contributed by atoms with van der Waals surface area (Å²) in [6.45, 7) is 5.85. The molecule has 0 radical (unpaired) electrons. The number of nitrogens with zero attached hydrogens (tertiary/aromatic N) is 2. The number of aryl methyl sites for hydroxylation is 1. The molecule has 0 aromatic heterocycles. The molecule has 0 aliphatic carbocycles. The maximum atomic E-state index is 12.6. The summed E-state index contributed by atoms with van der Waals surface area (Å²) in [5.41, 5.74) is 3.29. The van der Waals surface area contributed by atoms with Crippen molar-refractivity contribution in [1.29, 1.82) is 0 Å². The second-order valence-electron chi connectivity index (χ2n) is 7.93. The first kappa shape index (κ1) is 22.2. The van der Waals surface area contributed by atoms with E-state index in [1.54, 1.807) is 11.0 Å². The van der Waals surface area contributed by atoms with E-state index in [4.69, 9.17) is 0 Å². The first-order valence-electron chi connectivity index (χ1n) is 10.4. The normalized spacial score (nSPS) is 15.8. The van der Waals surface area contributed by atoms with Gasteiger partial charge in [0, 0.05) is 38.0 Å². The molecule has 3 rings (SSSR count). The number of rotatable bonds is 7. The molecule has 0 N–H and O–H groups in total.